The predicted molar refractivity (Wildman–Crippen MR) is 137 cm³/mol. The average molecular weight is 502 g/mol. The number of rotatable bonds is 9. The molecular weight excluding hydrogens is 466 g/mol. The van der Waals surface area contributed by atoms with Crippen LogP contribution in [0.15, 0.2) is 41.2 Å². The molecule has 0 bridgehead atoms. The van der Waals surface area contributed by atoms with E-state index in [1.54, 1.807) is 57.4 Å². The lowest BCUT2D eigenvalue weighted by Gasteiger charge is -2.25. The second-order valence-electron chi connectivity index (χ2n) is 9.44. The molecule has 2 aromatic rings. The fraction of sp³-hybridized carbons (Fsp3) is 0.423. The van der Waals surface area contributed by atoms with Crippen molar-refractivity contribution >= 4 is 29.2 Å². The van der Waals surface area contributed by atoms with E-state index in [1.807, 2.05) is 36.7 Å². The highest BCUT2D eigenvalue weighted by atomic mass is 32.1. The third-order valence-electron chi connectivity index (χ3n) is 5.13. The molecular formula is C26H35N3O5S. The van der Waals surface area contributed by atoms with Crippen LogP contribution >= 0.6 is 11.3 Å². The van der Waals surface area contributed by atoms with Gasteiger partial charge in [-0.25, -0.2) is 4.79 Å². The normalized spacial score (nSPS) is 13.2. The van der Waals surface area contributed by atoms with Crippen molar-refractivity contribution in [2.45, 2.75) is 72.1 Å². The monoisotopic (exact) mass is 501 g/mol. The molecule has 1 aromatic carbocycles. The molecule has 3 amide bonds. The molecule has 1 heterocycles. The van der Waals surface area contributed by atoms with E-state index in [2.05, 4.69) is 16.0 Å². The maximum atomic E-state index is 13.1. The fourth-order valence-corrected chi connectivity index (χ4v) is 4.09. The van der Waals surface area contributed by atoms with Crippen LogP contribution in [-0.4, -0.2) is 40.7 Å². The first-order valence-corrected chi connectivity index (χ1v) is 12.4. The SMILES string of the molecule is Cc1cc(O)cc(C)c1CC(NC(=O)OC(C)(C)C)C(=O)N[C@H](C)C(=O)NC=CCc1ccsc1. The lowest BCUT2D eigenvalue weighted by atomic mass is 9.95. The van der Waals surface area contributed by atoms with Crippen LogP contribution in [0.4, 0.5) is 4.79 Å². The number of phenolic OH excluding ortho intramolecular Hbond substituents is 1. The van der Waals surface area contributed by atoms with Crippen molar-refractivity contribution in [1.82, 2.24) is 16.0 Å². The van der Waals surface area contributed by atoms with E-state index in [-0.39, 0.29) is 18.1 Å². The number of aromatic hydroxyl groups is 1. The number of amides is 3. The molecule has 0 aliphatic carbocycles. The Kier molecular flexibility index (Phi) is 9.89. The highest BCUT2D eigenvalue weighted by molar-refractivity contribution is 7.07. The summed E-state index contributed by atoms with van der Waals surface area (Å²) in [6.45, 7) is 10.4. The summed E-state index contributed by atoms with van der Waals surface area (Å²) < 4.78 is 5.33. The summed E-state index contributed by atoms with van der Waals surface area (Å²) in [5, 5.41) is 21.8. The second-order valence-corrected chi connectivity index (χ2v) is 10.2. The largest absolute Gasteiger partial charge is 0.508 e. The molecule has 0 saturated carbocycles. The lowest BCUT2D eigenvalue weighted by Crippen LogP contribution is -2.53. The first kappa shape index (κ1) is 27.9. The molecule has 2 atom stereocenters. The molecule has 0 aliphatic heterocycles. The van der Waals surface area contributed by atoms with Crippen molar-refractivity contribution in [2.75, 3.05) is 0 Å². The van der Waals surface area contributed by atoms with E-state index in [1.165, 1.54) is 0 Å². The van der Waals surface area contributed by atoms with E-state index >= 15 is 0 Å². The van der Waals surface area contributed by atoms with Crippen LogP contribution in [-0.2, 0) is 27.2 Å². The molecule has 0 radical (unpaired) electrons. The number of carbonyl (C=O) groups excluding carboxylic acids is 3. The van der Waals surface area contributed by atoms with Gasteiger partial charge in [-0.3, -0.25) is 9.59 Å². The van der Waals surface area contributed by atoms with Crippen LogP contribution in [0.25, 0.3) is 0 Å². The van der Waals surface area contributed by atoms with Gasteiger partial charge in [-0.2, -0.15) is 11.3 Å². The minimum atomic E-state index is -0.990. The van der Waals surface area contributed by atoms with Crippen LogP contribution in [0.5, 0.6) is 5.75 Å². The number of thiophene rings is 1. The molecule has 9 heteroatoms. The summed E-state index contributed by atoms with van der Waals surface area (Å²) in [4.78, 5) is 38.0. The number of ether oxygens (including phenoxy) is 1. The highest BCUT2D eigenvalue weighted by Gasteiger charge is 2.28. The summed E-state index contributed by atoms with van der Waals surface area (Å²) in [5.41, 5.74) is 2.80. The summed E-state index contributed by atoms with van der Waals surface area (Å²) >= 11 is 1.61. The van der Waals surface area contributed by atoms with Gasteiger partial charge >= 0.3 is 6.09 Å². The van der Waals surface area contributed by atoms with E-state index < -0.39 is 29.7 Å². The summed E-state index contributed by atoms with van der Waals surface area (Å²) in [7, 11) is 0. The molecule has 8 nitrogen and oxygen atoms in total. The number of phenols is 1. The van der Waals surface area contributed by atoms with Gasteiger partial charge in [-0.1, -0.05) is 6.08 Å². The number of carbonyl (C=O) groups is 3. The summed E-state index contributed by atoms with van der Waals surface area (Å²) in [6, 6.07) is 3.39. The number of hydrogen-bond acceptors (Lipinski definition) is 6. The van der Waals surface area contributed by atoms with Crippen LogP contribution in [0.3, 0.4) is 0 Å². The molecule has 35 heavy (non-hydrogen) atoms. The van der Waals surface area contributed by atoms with Crippen LogP contribution in [0.2, 0.25) is 0 Å². The molecule has 190 valence electrons. The quantitative estimate of drug-likeness (QED) is 0.416. The number of allylic oxidation sites excluding steroid dienone is 1. The first-order chi connectivity index (χ1) is 16.4. The Morgan fingerprint density at radius 3 is 2.34 bits per heavy atom. The van der Waals surface area contributed by atoms with Gasteiger partial charge in [0, 0.05) is 12.6 Å². The van der Waals surface area contributed by atoms with Gasteiger partial charge in [0.15, 0.2) is 0 Å². The molecule has 1 unspecified atom stereocenters. The van der Waals surface area contributed by atoms with Crippen molar-refractivity contribution in [3.63, 3.8) is 0 Å². The molecule has 0 spiro atoms. The topological polar surface area (TPSA) is 117 Å². The second kappa shape index (κ2) is 12.4. The van der Waals surface area contributed by atoms with Gasteiger partial charge in [0.2, 0.25) is 11.8 Å². The Hall–Kier alpha value is -3.33. The van der Waals surface area contributed by atoms with Crippen LogP contribution < -0.4 is 16.0 Å². The van der Waals surface area contributed by atoms with E-state index in [4.69, 9.17) is 4.74 Å². The fourth-order valence-electron chi connectivity index (χ4n) is 3.41. The number of benzene rings is 1. The van der Waals surface area contributed by atoms with Crippen molar-refractivity contribution < 1.29 is 24.2 Å². The van der Waals surface area contributed by atoms with Gasteiger partial charge in [0.05, 0.1) is 0 Å². The Morgan fingerprint density at radius 2 is 1.77 bits per heavy atom. The van der Waals surface area contributed by atoms with Crippen molar-refractivity contribution in [2.24, 2.45) is 0 Å². The van der Waals surface area contributed by atoms with E-state index in [0.717, 1.165) is 22.3 Å². The van der Waals surface area contributed by atoms with Gasteiger partial charge in [0.25, 0.3) is 0 Å². The number of aryl methyl sites for hydroxylation is 2. The number of alkyl carbamates (subject to hydrolysis) is 1. The molecule has 2 rings (SSSR count). The van der Waals surface area contributed by atoms with Crippen molar-refractivity contribution in [3.05, 3.63) is 63.5 Å². The summed E-state index contributed by atoms with van der Waals surface area (Å²) in [5.74, 6) is -0.775. The smallest absolute Gasteiger partial charge is 0.408 e. The Labute approximate surface area is 210 Å². The third-order valence-corrected chi connectivity index (χ3v) is 5.86. The third kappa shape index (κ3) is 9.44. The number of hydrogen-bond donors (Lipinski definition) is 4. The number of nitrogens with one attached hydrogen (secondary N) is 3. The predicted octanol–water partition coefficient (Wildman–Crippen LogP) is 3.88. The van der Waals surface area contributed by atoms with Crippen molar-refractivity contribution in [3.8, 4) is 5.75 Å². The van der Waals surface area contributed by atoms with Crippen molar-refractivity contribution in [1.29, 1.82) is 0 Å². The Bertz CT molecular complexity index is 1030. The molecule has 0 fully saturated rings. The standard InChI is InChI=1S/C26H35N3O5S/c1-16-12-20(30)13-17(2)21(16)14-22(29-25(33)34-26(4,5)6)24(32)28-18(3)23(31)27-10-7-8-19-9-11-35-15-19/h7,9-13,15,18,22,30H,8,14H2,1-6H3,(H,27,31)(H,28,32)(H,29,33)/t18-,22?/m1/s1. The van der Waals surface area contributed by atoms with Crippen LogP contribution in [0.1, 0.15) is 49.9 Å². The van der Waals surface area contributed by atoms with E-state index in [9.17, 15) is 19.5 Å². The lowest BCUT2D eigenvalue weighted by molar-refractivity contribution is -0.129. The van der Waals surface area contributed by atoms with Crippen LogP contribution in [0, 0.1) is 13.8 Å². The molecule has 1 aromatic heterocycles. The van der Waals surface area contributed by atoms with Gasteiger partial charge < -0.3 is 25.8 Å². The zero-order valence-electron chi connectivity index (χ0n) is 21.1. The summed E-state index contributed by atoms with van der Waals surface area (Å²) in [6.07, 6.45) is 3.51. The Morgan fingerprint density at radius 1 is 1.11 bits per heavy atom. The minimum Gasteiger partial charge on any atom is -0.508 e. The maximum absolute atomic E-state index is 13.1. The van der Waals surface area contributed by atoms with Gasteiger partial charge in [-0.15, -0.1) is 0 Å². The molecule has 4 N–H and O–H groups in total. The van der Waals surface area contributed by atoms with Gasteiger partial charge in [-0.05, 0) is 99.2 Å². The highest BCUT2D eigenvalue weighted by Crippen LogP contribution is 2.22. The van der Waals surface area contributed by atoms with E-state index in [0.29, 0.717) is 6.42 Å². The molecule has 0 saturated heterocycles. The van der Waals surface area contributed by atoms with Gasteiger partial charge in [0.1, 0.15) is 23.4 Å². The zero-order valence-corrected chi connectivity index (χ0v) is 21.9. The average Bonchev–Trinajstić information content (AvgIpc) is 3.24. The Balaban J connectivity index is 2.08. The first-order valence-electron chi connectivity index (χ1n) is 11.4. The molecule has 0 aliphatic rings. The zero-order chi connectivity index (χ0) is 26.2. The maximum Gasteiger partial charge on any atom is 0.408 e. The minimum absolute atomic E-state index is 0.127.